The zero-order chi connectivity index (χ0) is 13.0. The van der Waals surface area contributed by atoms with Gasteiger partial charge in [-0.05, 0) is 12.5 Å². The first kappa shape index (κ1) is 12.5. The molecule has 1 N–H and O–H groups in total. The molecule has 0 aliphatic rings. The summed E-state index contributed by atoms with van der Waals surface area (Å²) in [5, 5.41) is 16.7. The Morgan fingerprint density at radius 1 is 1.44 bits per heavy atom. The molecule has 6 nitrogen and oxygen atoms in total. The molecular formula is C11H10ClN3O3. The molecule has 0 radical (unpaired) electrons. The number of aromatic nitrogens is 3. The smallest absolute Gasteiger partial charge is 0.303 e. The van der Waals surface area contributed by atoms with E-state index < -0.39 is 5.97 Å². The highest BCUT2D eigenvalue weighted by Gasteiger charge is 2.11. The summed E-state index contributed by atoms with van der Waals surface area (Å²) in [7, 11) is 0. The molecule has 2 aromatic rings. The monoisotopic (exact) mass is 267 g/mol. The van der Waals surface area contributed by atoms with Gasteiger partial charge in [0.05, 0.1) is 10.6 Å². The summed E-state index contributed by atoms with van der Waals surface area (Å²) in [6, 6.07) is 1.68. The molecule has 2 aromatic heterocycles. The maximum atomic E-state index is 10.4. The standard InChI is InChI=1S/C11H10ClN3O3/c12-8-6-13-5-4-7(8)11-15-14-9(18-11)2-1-3-10(16)17/h4-6H,1-3H2,(H,16,17). The fourth-order valence-electron chi connectivity index (χ4n) is 1.40. The minimum absolute atomic E-state index is 0.0771. The fourth-order valence-corrected chi connectivity index (χ4v) is 1.60. The van der Waals surface area contributed by atoms with Crippen LogP contribution in [0.25, 0.3) is 11.5 Å². The Bertz CT molecular complexity index is 556. The van der Waals surface area contributed by atoms with Crippen molar-refractivity contribution in [3.05, 3.63) is 29.4 Å². The number of pyridine rings is 1. The second-order valence-electron chi connectivity index (χ2n) is 3.60. The molecule has 0 unspecified atom stereocenters. The molecule has 2 rings (SSSR count). The summed E-state index contributed by atoms with van der Waals surface area (Å²) >= 11 is 5.95. The Morgan fingerprint density at radius 3 is 3.00 bits per heavy atom. The van der Waals surface area contributed by atoms with Crippen LogP contribution in [-0.4, -0.2) is 26.3 Å². The predicted octanol–water partition coefficient (Wildman–Crippen LogP) is 2.19. The molecular weight excluding hydrogens is 258 g/mol. The number of carboxylic acids is 1. The fraction of sp³-hybridized carbons (Fsp3) is 0.273. The van der Waals surface area contributed by atoms with Crippen LogP contribution in [0.1, 0.15) is 18.7 Å². The van der Waals surface area contributed by atoms with Crippen molar-refractivity contribution in [1.29, 1.82) is 0 Å². The molecule has 18 heavy (non-hydrogen) atoms. The zero-order valence-electron chi connectivity index (χ0n) is 9.34. The number of hydrogen-bond donors (Lipinski definition) is 1. The third-order valence-corrected chi connectivity index (χ3v) is 2.55. The second kappa shape index (κ2) is 5.59. The maximum Gasteiger partial charge on any atom is 0.303 e. The molecule has 0 aliphatic carbocycles. The van der Waals surface area contributed by atoms with E-state index in [2.05, 4.69) is 15.2 Å². The number of hydrogen-bond acceptors (Lipinski definition) is 5. The zero-order valence-corrected chi connectivity index (χ0v) is 10.1. The van der Waals surface area contributed by atoms with E-state index in [-0.39, 0.29) is 6.42 Å². The van der Waals surface area contributed by atoms with Gasteiger partial charge in [-0.1, -0.05) is 11.6 Å². The van der Waals surface area contributed by atoms with Crippen LogP contribution in [-0.2, 0) is 11.2 Å². The normalized spacial score (nSPS) is 10.5. The van der Waals surface area contributed by atoms with Crippen LogP contribution in [0, 0.1) is 0 Å². The summed E-state index contributed by atoms with van der Waals surface area (Å²) in [5.41, 5.74) is 0.614. The first-order valence-electron chi connectivity index (χ1n) is 5.31. The van der Waals surface area contributed by atoms with Gasteiger partial charge in [0.15, 0.2) is 0 Å². The Morgan fingerprint density at radius 2 is 2.28 bits per heavy atom. The number of nitrogens with zero attached hydrogens (tertiary/aromatic N) is 3. The van der Waals surface area contributed by atoms with Crippen molar-refractivity contribution in [2.45, 2.75) is 19.3 Å². The number of aliphatic carboxylic acids is 1. The predicted molar refractivity (Wildman–Crippen MR) is 63.1 cm³/mol. The van der Waals surface area contributed by atoms with E-state index in [1.165, 1.54) is 6.20 Å². The summed E-state index contributed by atoms with van der Waals surface area (Å²) in [4.78, 5) is 14.2. The minimum atomic E-state index is -0.841. The lowest BCUT2D eigenvalue weighted by atomic mass is 10.2. The second-order valence-corrected chi connectivity index (χ2v) is 4.01. The van der Waals surface area contributed by atoms with E-state index in [1.54, 1.807) is 12.3 Å². The van der Waals surface area contributed by atoms with Crippen LogP contribution >= 0.6 is 11.6 Å². The van der Waals surface area contributed by atoms with Crippen LogP contribution in [0.4, 0.5) is 0 Å². The van der Waals surface area contributed by atoms with Gasteiger partial charge in [0.1, 0.15) is 0 Å². The first-order valence-corrected chi connectivity index (χ1v) is 5.68. The Hall–Kier alpha value is -1.95. The van der Waals surface area contributed by atoms with Crippen LogP contribution in [0.2, 0.25) is 5.02 Å². The summed E-state index contributed by atoms with van der Waals surface area (Å²) in [5.74, 6) is -0.126. The summed E-state index contributed by atoms with van der Waals surface area (Å²) < 4.78 is 5.40. The van der Waals surface area contributed by atoms with E-state index in [9.17, 15) is 4.79 Å². The molecule has 0 saturated heterocycles. The van der Waals surface area contributed by atoms with Gasteiger partial charge in [0, 0.05) is 25.2 Å². The van der Waals surface area contributed by atoms with Crippen LogP contribution in [0.15, 0.2) is 22.9 Å². The van der Waals surface area contributed by atoms with Gasteiger partial charge in [0.25, 0.3) is 0 Å². The van der Waals surface area contributed by atoms with Gasteiger partial charge in [-0.15, -0.1) is 10.2 Å². The van der Waals surface area contributed by atoms with Gasteiger partial charge in [-0.3, -0.25) is 9.78 Å². The Balaban J connectivity index is 2.06. The minimum Gasteiger partial charge on any atom is -0.481 e. The average molecular weight is 268 g/mol. The van der Waals surface area contributed by atoms with Crippen molar-refractivity contribution in [3.63, 3.8) is 0 Å². The Kier molecular flexibility index (Phi) is 3.88. The number of carboxylic acid groups (broad SMARTS) is 1. The van der Waals surface area contributed by atoms with Gasteiger partial charge in [-0.2, -0.15) is 0 Å². The van der Waals surface area contributed by atoms with E-state index >= 15 is 0 Å². The van der Waals surface area contributed by atoms with E-state index in [0.29, 0.717) is 35.2 Å². The van der Waals surface area contributed by atoms with Crippen molar-refractivity contribution < 1.29 is 14.3 Å². The molecule has 0 spiro atoms. The van der Waals surface area contributed by atoms with E-state index in [1.807, 2.05) is 0 Å². The molecule has 0 aromatic carbocycles. The topological polar surface area (TPSA) is 89.1 Å². The lowest BCUT2D eigenvalue weighted by molar-refractivity contribution is -0.137. The van der Waals surface area contributed by atoms with Crippen molar-refractivity contribution in [3.8, 4) is 11.5 Å². The summed E-state index contributed by atoms with van der Waals surface area (Å²) in [6.45, 7) is 0. The van der Waals surface area contributed by atoms with Crippen molar-refractivity contribution in [2.75, 3.05) is 0 Å². The number of carbonyl (C=O) groups is 1. The number of rotatable bonds is 5. The van der Waals surface area contributed by atoms with E-state index in [4.69, 9.17) is 21.1 Å². The number of halogens is 1. The summed E-state index contributed by atoms with van der Waals surface area (Å²) in [6.07, 6.45) is 4.04. The lowest BCUT2D eigenvalue weighted by Gasteiger charge is -1.96. The van der Waals surface area contributed by atoms with Crippen LogP contribution in [0.3, 0.4) is 0 Å². The maximum absolute atomic E-state index is 10.4. The Labute approximate surface area is 108 Å². The largest absolute Gasteiger partial charge is 0.481 e. The highest BCUT2D eigenvalue weighted by atomic mass is 35.5. The molecule has 0 atom stereocenters. The number of aryl methyl sites for hydroxylation is 1. The third kappa shape index (κ3) is 3.04. The van der Waals surface area contributed by atoms with Crippen molar-refractivity contribution >= 4 is 17.6 Å². The van der Waals surface area contributed by atoms with Crippen LogP contribution in [0.5, 0.6) is 0 Å². The highest BCUT2D eigenvalue weighted by molar-refractivity contribution is 6.32. The average Bonchev–Trinajstić information content (AvgIpc) is 2.78. The first-order chi connectivity index (χ1) is 8.66. The molecule has 0 saturated carbocycles. The molecule has 0 fully saturated rings. The van der Waals surface area contributed by atoms with Crippen LogP contribution < -0.4 is 0 Å². The van der Waals surface area contributed by atoms with Crippen molar-refractivity contribution in [2.24, 2.45) is 0 Å². The molecule has 0 aliphatic heterocycles. The van der Waals surface area contributed by atoms with Gasteiger partial charge in [0.2, 0.25) is 11.8 Å². The lowest BCUT2D eigenvalue weighted by Crippen LogP contribution is -1.95. The molecule has 2 heterocycles. The molecule has 7 heteroatoms. The van der Waals surface area contributed by atoms with Crippen molar-refractivity contribution in [1.82, 2.24) is 15.2 Å². The SMILES string of the molecule is O=C(O)CCCc1nnc(-c2ccncc2Cl)o1. The van der Waals surface area contributed by atoms with Gasteiger partial charge < -0.3 is 9.52 Å². The molecule has 0 bridgehead atoms. The quantitative estimate of drug-likeness (QED) is 0.893. The van der Waals surface area contributed by atoms with E-state index in [0.717, 1.165) is 0 Å². The third-order valence-electron chi connectivity index (χ3n) is 2.25. The van der Waals surface area contributed by atoms with Gasteiger partial charge in [-0.25, -0.2) is 0 Å². The molecule has 94 valence electrons. The van der Waals surface area contributed by atoms with Gasteiger partial charge >= 0.3 is 5.97 Å². The highest BCUT2D eigenvalue weighted by Crippen LogP contribution is 2.25. The molecule has 0 amide bonds.